The Labute approximate surface area is 273 Å². The lowest BCUT2D eigenvalue weighted by Gasteiger charge is -2.27. The molecule has 1 saturated heterocycles. The molecule has 3 fully saturated rings. The van der Waals surface area contributed by atoms with Crippen molar-refractivity contribution in [3.05, 3.63) is 53.7 Å². The Morgan fingerprint density at radius 2 is 1.91 bits per heavy atom. The lowest BCUT2D eigenvalue weighted by atomic mass is 10.0. The van der Waals surface area contributed by atoms with Gasteiger partial charge >= 0.3 is 0 Å². The maximum atomic E-state index is 13.8. The number of pyridine rings is 2. The first-order chi connectivity index (χ1) is 22.7. The van der Waals surface area contributed by atoms with Crippen LogP contribution in [0.2, 0.25) is 0 Å². The molecule has 8 rings (SSSR count). The summed E-state index contributed by atoms with van der Waals surface area (Å²) in [6, 6.07) is 12.1. The molecule has 11 nitrogen and oxygen atoms in total. The number of methoxy groups -OCH3 is 1. The van der Waals surface area contributed by atoms with E-state index in [-0.39, 0.29) is 23.9 Å². The summed E-state index contributed by atoms with van der Waals surface area (Å²) in [5.74, 6) is 2.77. The normalized spacial score (nSPS) is 20.4. The van der Waals surface area contributed by atoms with Gasteiger partial charge in [-0.15, -0.1) is 0 Å². The highest BCUT2D eigenvalue weighted by molar-refractivity contribution is 6.00. The summed E-state index contributed by atoms with van der Waals surface area (Å²) in [7, 11) is 3.64. The highest BCUT2D eigenvalue weighted by Crippen LogP contribution is 2.40. The van der Waals surface area contributed by atoms with Crippen LogP contribution in [0.15, 0.2) is 42.6 Å². The standard InChI is InChI=1S/C36H40N8O3/c1-5-21-15-31(39-19(2)45)38-16-25(21)26-10-8-22-13-29(43(34(22)40-26)17-20-6-7-20)35-41-27-12-24(14-30(47-4)33(27)42(35)3)36(46)44-18-23-9-11-28(44)32(23)37/h8,10,12-16,20,23,28,32H,5-7,9,11,17-18,37H2,1-4H3,(H,38,39,45). The number of benzene rings is 1. The number of carbonyl (C=O) groups excluding carboxylic acids is 2. The number of carbonyl (C=O) groups is 2. The van der Waals surface area contributed by atoms with Crippen LogP contribution in [0.25, 0.3) is 44.8 Å². The van der Waals surface area contributed by atoms with E-state index in [1.54, 1.807) is 13.3 Å². The first-order valence-corrected chi connectivity index (χ1v) is 16.6. The van der Waals surface area contributed by atoms with E-state index in [9.17, 15) is 9.59 Å². The van der Waals surface area contributed by atoms with Crippen molar-refractivity contribution in [2.45, 2.75) is 64.6 Å². The minimum absolute atomic E-state index is 0.00863. The second-order valence-corrected chi connectivity index (χ2v) is 13.4. The molecule has 2 amide bonds. The van der Waals surface area contributed by atoms with Crippen LogP contribution >= 0.6 is 0 Å². The smallest absolute Gasteiger partial charge is 0.254 e. The van der Waals surface area contributed by atoms with E-state index in [4.69, 9.17) is 20.4 Å². The van der Waals surface area contributed by atoms with Gasteiger partial charge < -0.3 is 29.8 Å². The Kier molecular flexibility index (Phi) is 7.05. The molecule has 1 aliphatic heterocycles. The summed E-state index contributed by atoms with van der Waals surface area (Å²) in [6.07, 6.45) is 7.01. The van der Waals surface area contributed by atoms with Crippen LogP contribution in [0.4, 0.5) is 5.82 Å². The van der Waals surface area contributed by atoms with Gasteiger partial charge in [-0.1, -0.05) is 6.92 Å². The number of ether oxygens (including phenoxy) is 1. The Hall–Kier alpha value is -4.77. The summed E-state index contributed by atoms with van der Waals surface area (Å²) in [5.41, 5.74) is 13.3. The number of nitrogens with two attached hydrogens (primary N) is 1. The largest absolute Gasteiger partial charge is 0.494 e. The number of hydrogen-bond acceptors (Lipinski definition) is 7. The minimum atomic E-state index is -0.150. The first-order valence-electron chi connectivity index (χ1n) is 16.6. The zero-order valence-corrected chi connectivity index (χ0v) is 27.3. The van der Waals surface area contributed by atoms with Gasteiger partial charge in [-0.2, -0.15) is 0 Å². The molecule has 5 heterocycles. The predicted octanol–water partition coefficient (Wildman–Crippen LogP) is 5.15. The highest BCUT2D eigenvalue weighted by Gasteiger charge is 2.47. The number of imidazole rings is 1. The minimum Gasteiger partial charge on any atom is -0.494 e. The quantitative estimate of drug-likeness (QED) is 0.242. The third kappa shape index (κ3) is 4.95. The van der Waals surface area contributed by atoms with E-state index in [1.807, 2.05) is 36.2 Å². The van der Waals surface area contributed by atoms with Gasteiger partial charge in [-0.05, 0) is 85.9 Å². The second-order valence-electron chi connectivity index (χ2n) is 13.4. The molecule has 4 aromatic heterocycles. The molecule has 3 unspecified atom stereocenters. The topological polar surface area (TPSA) is 133 Å². The molecule has 0 radical (unpaired) electrons. The average molecular weight is 633 g/mol. The molecule has 47 heavy (non-hydrogen) atoms. The van der Waals surface area contributed by atoms with Crippen LogP contribution < -0.4 is 15.8 Å². The Bertz CT molecular complexity index is 2080. The maximum absolute atomic E-state index is 13.8. The zero-order valence-electron chi connectivity index (χ0n) is 27.3. The van der Waals surface area contributed by atoms with E-state index in [0.29, 0.717) is 41.0 Å². The van der Waals surface area contributed by atoms with E-state index < -0.39 is 0 Å². The summed E-state index contributed by atoms with van der Waals surface area (Å²) in [4.78, 5) is 42.2. The molecule has 5 aromatic rings. The van der Waals surface area contributed by atoms with Crippen LogP contribution in [0.1, 0.15) is 55.5 Å². The van der Waals surface area contributed by atoms with E-state index in [0.717, 1.165) is 70.7 Å². The fourth-order valence-corrected chi connectivity index (χ4v) is 7.74. The number of nitrogens with one attached hydrogen (secondary N) is 1. The number of hydrogen-bond donors (Lipinski definition) is 2. The van der Waals surface area contributed by atoms with Crippen LogP contribution in [-0.4, -0.2) is 66.5 Å². The molecule has 242 valence electrons. The van der Waals surface area contributed by atoms with Crippen molar-refractivity contribution in [2.75, 3.05) is 19.0 Å². The monoisotopic (exact) mass is 632 g/mol. The number of nitrogens with zero attached hydrogens (tertiary/aromatic N) is 6. The van der Waals surface area contributed by atoms with Crippen molar-refractivity contribution in [1.29, 1.82) is 0 Å². The molecule has 0 spiro atoms. The van der Waals surface area contributed by atoms with Crippen LogP contribution in [0, 0.1) is 11.8 Å². The number of anilines is 1. The molecule has 2 aliphatic carbocycles. The first kappa shape index (κ1) is 29.6. The molecule has 11 heteroatoms. The molecule has 2 bridgehead atoms. The van der Waals surface area contributed by atoms with E-state index >= 15 is 0 Å². The van der Waals surface area contributed by atoms with Crippen molar-refractivity contribution < 1.29 is 14.3 Å². The summed E-state index contributed by atoms with van der Waals surface area (Å²) in [6.45, 7) is 5.13. The third-order valence-electron chi connectivity index (χ3n) is 10.4. The van der Waals surface area contributed by atoms with Gasteiger partial charge in [-0.3, -0.25) is 9.59 Å². The summed E-state index contributed by atoms with van der Waals surface area (Å²) < 4.78 is 10.2. The van der Waals surface area contributed by atoms with E-state index in [2.05, 4.69) is 38.5 Å². The molecular formula is C36H40N8O3. The van der Waals surface area contributed by atoms with Crippen LogP contribution in [-0.2, 0) is 24.8 Å². The van der Waals surface area contributed by atoms with Crippen molar-refractivity contribution in [2.24, 2.45) is 24.6 Å². The third-order valence-corrected chi connectivity index (χ3v) is 10.4. The van der Waals surface area contributed by atoms with Gasteiger partial charge in [0.15, 0.2) is 5.82 Å². The van der Waals surface area contributed by atoms with Gasteiger partial charge in [-0.25, -0.2) is 15.0 Å². The van der Waals surface area contributed by atoms with Crippen molar-refractivity contribution >= 4 is 39.7 Å². The lowest BCUT2D eigenvalue weighted by Crippen LogP contribution is -2.41. The number of aryl methyl sites for hydroxylation is 2. The molecule has 1 aromatic carbocycles. The fourth-order valence-electron chi connectivity index (χ4n) is 7.74. The van der Waals surface area contributed by atoms with Crippen LogP contribution in [0.5, 0.6) is 5.75 Å². The number of piperidine rings is 1. The Balaban J connectivity index is 1.22. The molecule has 3 atom stereocenters. The fraction of sp³-hybridized carbons (Fsp3) is 0.417. The van der Waals surface area contributed by atoms with Gasteiger partial charge in [0.25, 0.3) is 5.91 Å². The number of likely N-dealkylation sites (tertiary alicyclic amines) is 1. The van der Waals surface area contributed by atoms with Gasteiger partial charge in [0, 0.05) is 61.9 Å². The van der Waals surface area contributed by atoms with E-state index in [1.165, 1.54) is 19.8 Å². The maximum Gasteiger partial charge on any atom is 0.254 e. The number of aromatic nitrogens is 5. The van der Waals surface area contributed by atoms with Crippen molar-refractivity contribution in [3.63, 3.8) is 0 Å². The van der Waals surface area contributed by atoms with Gasteiger partial charge in [0.05, 0.1) is 24.0 Å². The highest BCUT2D eigenvalue weighted by atomic mass is 16.5. The van der Waals surface area contributed by atoms with Crippen molar-refractivity contribution in [3.8, 4) is 28.5 Å². The molecular weight excluding hydrogens is 592 g/mol. The van der Waals surface area contributed by atoms with Gasteiger partial charge in [0.1, 0.15) is 22.7 Å². The SMILES string of the molecule is CCc1cc(NC(C)=O)ncc1-c1ccc2cc(-c3nc4cc(C(=O)N5CC6CCC5C6N)cc(OC)c4n3C)n(CC3CC3)c2n1. The summed E-state index contributed by atoms with van der Waals surface area (Å²) in [5, 5.41) is 3.81. The lowest BCUT2D eigenvalue weighted by molar-refractivity contribution is -0.114. The number of amides is 2. The summed E-state index contributed by atoms with van der Waals surface area (Å²) >= 11 is 0. The molecule has 3 aliphatic rings. The molecule has 3 N–H and O–H groups in total. The second kappa shape index (κ2) is 11.2. The predicted molar refractivity (Wildman–Crippen MR) is 181 cm³/mol. The Morgan fingerprint density at radius 1 is 1.09 bits per heavy atom. The Morgan fingerprint density at radius 3 is 2.60 bits per heavy atom. The van der Waals surface area contributed by atoms with Gasteiger partial charge in [0.2, 0.25) is 5.91 Å². The number of fused-ring (bicyclic) bond motifs is 4. The zero-order chi connectivity index (χ0) is 32.6. The average Bonchev–Trinajstić information content (AvgIpc) is 3.47. The van der Waals surface area contributed by atoms with Crippen LogP contribution in [0.3, 0.4) is 0 Å². The van der Waals surface area contributed by atoms with Crippen molar-refractivity contribution in [1.82, 2.24) is 29.0 Å². The number of rotatable bonds is 8. The molecule has 2 saturated carbocycles.